The van der Waals surface area contributed by atoms with E-state index < -0.39 is 0 Å². The smallest absolute Gasteiger partial charge is 0.229 e. The maximum atomic E-state index is 5.50. The molecule has 1 aliphatic rings. The maximum Gasteiger partial charge on any atom is 0.229 e. The van der Waals surface area contributed by atoms with Gasteiger partial charge in [-0.05, 0) is 24.3 Å². The van der Waals surface area contributed by atoms with Crippen LogP contribution >= 0.6 is 0 Å². The summed E-state index contributed by atoms with van der Waals surface area (Å²) in [5.41, 5.74) is 6.11. The highest BCUT2D eigenvalue weighted by molar-refractivity contribution is 5.63. The quantitative estimate of drug-likeness (QED) is 0.389. The monoisotopic (exact) mass is 454 g/mol. The zero-order chi connectivity index (χ0) is 23.2. The second-order valence-electron chi connectivity index (χ2n) is 8.44. The van der Waals surface area contributed by atoms with Gasteiger partial charge >= 0.3 is 0 Å². The van der Waals surface area contributed by atoms with E-state index >= 15 is 0 Å². The van der Waals surface area contributed by atoms with Gasteiger partial charge in [-0.2, -0.15) is 4.98 Å². The molecule has 0 unspecified atom stereocenters. The number of benzene rings is 1. The summed E-state index contributed by atoms with van der Waals surface area (Å²) >= 11 is 0. The molecule has 0 atom stereocenters. The Labute approximate surface area is 195 Å². The second kappa shape index (κ2) is 7.91. The first-order valence-corrected chi connectivity index (χ1v) is 11.0. The lowest BCUT2D eigenvalue weighted by atomic mass is 10.1. The van der Waals surface area contributed by atoms with Crippen LogP contribution in [0, 0.1) is 0 Å². The van der Waals surface area contributed by atoms with Crippen molar-refractivity contribution in [1.82, 2.24) is 39.7 Å². The Hall–Kier alpha value is -4.34. The normalized spacial score (nSPS) is 12.2. The Morgan fingerprint density at radius 1 is 1.09 bits per heavy atom. The number of nitrogens with zero attached hydrogens (tertiary/aromatic N) is 8. The number of methoxy groups -OCH3 is 1. The Bertz CT molecular complexity index is 1480. The van der Waals surface area contributed by atoms with E-state index in [0.29, 0.717) is 30.3 Å². The summed E-state index contributed by atoms with van der Waals surface area (Å²) in [5.74, 6) is 1.92. The molecule has 0 saturated carbocycles. The first-order chi connectivity index (χ1) is 16.6. The highest BCUT2D eigenvalue weighted by atomic mass is 16.5. The third-order valence-corrected chi connectivity index (χ3v) is 5.94. The predicted molar refractivity (Wildman–Crippen MR) is 122 cm³/mol. The van der Waals surface area contributed by atoms with E-state index in [-0.39, 0.29) is 5.92 Å². The molecule has 6 rings (SSSR count). The molecule has 10 heteroatoms. The van der Waals surface area contributed by atoms with Gasteiger partial charge in [0.15, 0.2) is 0 Å². The minimum atomic E-state index is 0.131. The van der Waals surface area contributed by atoms with Gasteiger partial charge in [-0.3, -0.25) is 9.55 Å². The number of pyridine rings is 1. The molecule has 1 aromatic carbocycles. The van der Waals surface area contributed by atoms with E-state index in [1.54, 1.807) is 19.6 Å². The van der Waals surface area contributed by atoms with Crippen LogP contribution in [0.1, 0.15) is 48.4 Å². The van der Waals surface area contributed by atoms with Crippen LogP contribution < -0.4 is 4.74 Å². The van der Waals surface area contributed by atoms with E-state index in [9.17, 15) is 0 Å². The molecule has 0 bridgehead atoms. The Kier molecular flexibility index (Phi) is 4.72. The molecule has 4 aromatic heterocycles. The lowest BCUT2D eigenvalue weighted by Gasteiger charge is -2.11. The number of imidazole rings is 1. The van der Waals surface area contributed by atoms with Crippen molar-refractivity contribution in [3.05, 3.63) is 77.6 Å². The van der Waals surface area contributed by atoms with E-state index in [1.807, 2.05) is 54.9 Å². The Morgan fingerprint density at radius 2 is 2.00 bits per heavy atom. The summed E-state index contributed by atoms with van der Waals surface area (Å²) in [4.78, 5) is 13.7. The molecule has 1 aliphatic heterocycles. The third kappa shape index (κ3) is 3.26. The largest absolute Gasteiger partial charge is 0.497 e. The summed E-state index contributed by atoms with van der Waals surface area (Å²) in [6, 6.07) is 11.7. The lowest BCUT2D eigenvalue weighted by molar-refractivity contribution is 0.365. The van der Waals surface area contributed by atoms with Gasteiger partial charge in [0.1, 0.15) is 17.8 Å². The van der Waals surface area contributed by atoms with Crippen molar-refractivity contribution in [3.8, 4) is 28.6 Å². The van der Waals surface area contributed by atoms with Crippen LogP contribution in [0.3, 0.4) is 0 Å². The van der Waals surface area contributed by atoms with Crippen molar-refractivity contribution < 1.29 is 9.26 Å². The van der Waals surface area contributed by atoms with Crippen LogP contribution in [0.25, 0.3) is 22.9 Å². The van der Waals surface area contributed by atoms with Crippen molar-refractivity contribution in [1.29, 1.82) is 0 Å². The van der Waals surface area contributed by atoms with Gasteiger partial charge in [-0.15, -0.1) is 5.10 Å². The molecule has 0 N–H and O–H groups in total. The van der Waals surface area contributed by atoms with Gasteiger partial charge in [-0.1, -0.05) is 30.3 Å². The first kappa shape index (κ1) is 20.3. The molecule has 0 amide bonds. The zero-order valence-electron chi connectivity index (χ0n) is 19.0. The van der Waals surface area contributed by atoms with Gasteiger partial charge in [0.2, 0.25) is 11.7 Å². The molecule has 0 fully saturated rings. The molecule has 34 heavy (non-hydrogen) atoms. The molecule has 0 spiro atoms. The molecule has 5 heterocycles. The van der Waals surface area contributed by atoms with Gasteiger partial charge in [-0.25, -0.2) is 9.67 Å². The molecular formula is C24H22N8O2. The topological polar surface area (TPSA) is 110 Å². The zero-order valence-corrected chi connectivity index (χ0v) is 19.0. The SMILES string of the molecule is COc1ccc2c(c1)-n1nnc(Cc3ccccn3)c1Cc1c(-c3noc(C(C)C)n3)ncn1-2. The predicted octanol–water partition coefficient (Wildman–Crippen LogP) is 3.53. The van der Waals surface area contributed by atoms with Gasteiger partial charge in [0.25, 0.3) is 0 Å². The molecule has 170 valence electrons. The van der Waals surface area contributed by atoms with E-state index in [2.05, 4.69) is 35.0 Å². The molecule has 0 radical (unpaired) electrons. The van der Waals surface area contributed by atoms with Crippen LogP contribution in [0.15, 0.2) is 53.4 Å². The average molecular weight is 454 g/mol. The molecule has 0 saturated heterocycles. The Balaban J connectivity index is 1.54. The van der Waals surface area contributed by atoms with Crippen molar-refractivity contribution in [2.75, 3.05) is 7.11 Å². The van der Waals surface area contributed by atoms with E-state index in [4.69, 9.17) is 9.26 Å². The molecule has 5 aromatic rings. The van der Waals surface area contributed by atoms with E-state index in [1.165, 1.54) is 0 Å². The summed E-state index contributed by atoms with van der Waals surface area (Å²) in [6.45, 7) is 4.03. The van der Waals surface area contributed by atoms with E-state index in [0.717, 1.165) is 39.9 Å². The molecular weight excluding hydrogens is 432 g/mol. The van der Waals surface area contributed by atoms with Crippen molar-refractivity contribution in [3.63, 3.8) is 0 Å². The summed E-state index contributed by atoms with van der Waals surface area (Å²) in [6.07, 6.45) is 4.68. The summed E-state index contributed by atoms with van der Waals surface area (Å²) in [5, 5.41) is 13.3. The number of rotatable bonds is 5. The van der Waals surface area contributed by atoms with Crippen molar-refractivity contribution in [2.24, 2.45) is 0 Å². The standard InChI is InChI=1S/C24H22N8O2/c1-14(2)24-27-23(29-34-24)22-21-12-19-17(10-15-6-4-5-9-25-15)28-30-32(19)20-11-16(33-3)7-8-18(20)31(21)13-26-22/h4-9,11,13-14H,10,12H2,1-3H3. The number of ether oxygens (including phenoxy) is 1. The molecule has 10 nitrogen and oxygen atoms in total. The molecule has 0 aliphatic carbocycles. The highest BCUT2D eigenvalue weighted by Crippen LogP contribution is 2.35. The fourth-order valence-corrected chi connectivity index (χ4v) is 4.18. The first-order valence-electron chi connectivity index (χ1n) is 11.0. The Morgan fingerprint density at radius 3 is 2.76 bits per heavy atom. The van der Waals surface area contributed by atoms with Crippen LogP contribution in [0.4, 0.5) is 0 Å². The van der Waals surface area contributed by atoms with Crippen LogP contribution in [-0.2, 0) is 12.8 Å². The van der Waals surface area contributed by atoms with Gasteiger partial charge in [0.05, 0.1) is 35.6 Å². The number of hydrogen-bond donors (Lipinski definition) is 0. The minimum absolute atomic E-state index is 0.131. The number of fused-ring (bicyclic) bond motifs is 5. The summed E-state index contributed by atoms with van der Waals surface area (Å²) in [7, 11) is 1.65. The highest BCUT2D eigenvalue weighted by Gasteiger charge is 2.28. The third-order valence-electron chi connectivity index (χ3n) is 5.94. The average Bonchev–Trinajstić information content (AvgIpc) is 3.57. The van der Waals surface area contributed by atoms with Gasteiger partial charge < -0.3 is 9.26 Å². The van der Waals surface area contributed by atoms with Crippen molar-refractivity contribution >= 4 is 0 Å². The fraction of sp³-hybridized carbons (Fsp3) is 0.250. The number of aromatic nitrogens is 8. The summed E-state index contributed by atoms with van der Waals surface area (Å²) < 4.78 is 14.9. The number of hydrogen-bond acceptors (Lipinski definition) is 8. The minimum Gasteiger partial charge on any atom is -0.497 e. The fourth-order valence-electron chi connectivity index (χ4n) is 4.18. The van der Waals surface area contributed by atoms with Crippen LogP contribution in [-0.4, -0.2) is 46.8 Å². The van der Waals surface area contributed by atoms with Crippen molar-refractivity contribution in [2.45, 2.75) is 32.6 Å². The van der Waals surface area contributed by atoms with Crippen LogP contribution in [0.2, 0.25) is 0 Å². The second-order valence-corrected chi connectivity index (χ2v) is 8.44. The maximum absolute atomic E-state index is 5.50. The lowest BCUT2D eigenvalue weighted by Crippen LogP contribution is -2.05. The van der Waals surface area contributed by atoms with Crippen LogP contribution in [0.5, 0.6) is 5.75 Å². The van der Waals surface area contributed by atoms with Gasteiger partial charge in [0, 0.05) is 36.7 Å².